The van der Waals surface area contributed by atoms with Crippen molar-refractivity contribution < 1.29 is 31.5 Å². The van der Waals surface area contributed by atoms with Gasteiger partial charge in [0.15, 0.2) is 9.84 Å². The largest absolute Gasteiger partial charge is 0.471 e. The fourth-order valence-electron chi connectivity index (χ4n) is 1.19. The van der Waals surface area contributed by atoms with Gasteiger partial charge in [0, 0.05) is 5.69 Å². The Morgan fingerprint density at radius 3 is 2.16 bits per heavy atom. The molecule has 0 saturated heterocycles. The van der Waals surface area contributed by atoms with Crippen molar-refractivity contribution in [2.45, 2.75) is 11.1 Å². The van der Waals surface area contributed by atoms with Gasteiger partial charge in [-0.15, -0.1) is 0 Å². The van der Waals surface area contributed by atoms with Crippen LogP contribution in [-0.4, -0.2) is 38.0 Å². The first-order valence-corrected chi connectivity index (χ1v) is 6.64. The third kappa shape index (κ3) is 4.21. The number of carbonyl (C=O) groups excluding carboxylic acids is 1. The molecule has 0 bridgehead atoms. The fraction of sp³-hybridized carbons (Fsp3) is 0.300. The monoisotopic (exact) mass is 297 g/mol. The molecule has 1 aromatic rings. The van der Waals surface area contributed by atoms with Crippen molar-refractivity contribution in [1.82, 2.24) is 0 Å². The number of anilines is 1. The number of nitrogens with one attached hydrogen (secondary N) is 1. The average molecular weight is 297 g/mol. The van der Waals surface area contributed by atoms with E-state index in [1.807, 2.05) is 0 Å². The van der Waals surface area contributed by atoms with E-state index in [-0.39, 0.29) is 10.6 Å². The van der Waals surface area contributed by atoms with E-state index in [1.54, 1.807) is 5.32 Å². The number of halogens is 3. The van der Waals surface area contributed by atoms with Gasteiger partial charge in [-0.25, -0.2) is 8.42 Å². The molecule has 0 unspecified atom stereocenters. The second kappa shape index (κ2) is 5.57. The van der Waals surface area contributed by atoms with Crippen LogP contribution in [0.5, 0.6) is 0 Å². The van der Waals surface area contributed by atoms with Gasteiger partial charge in [0.25, 0.3) is 0 Å². The minimum absolute atomic E-state index is 0.147. The Kier molecular flexibility index (Phi) is 4.53. The number of hydrogen-bond acceptors (Lipinski definition) is 4. The zero-order chi connectivity index (χ0) is 14.7. The number of benzene rings is 1. The molecular formula is C10H10F3NO4S. The van der Waals surface area contributed by atoms with E-state index in [1.165, 1.54) is 0 Å². The van der Waals surface area contributed by atoms with Crippen LogP contribution >= 0.6 is 0 Å². The summed E-state index contributed by atoms with van der Waals surface area (Å²) in [6, 6.07) is 4.18. The van der Waals surface area contributed by atoms with Gasteiger partial charge < -0.3 is 10.4 Å². The summed E-state index contributed by atoms with van der Waals surface area (Å²) in [4.78, 5) is 10.5. The first kappa shape index (κ1) is 15.4. The average Bonchev–Trinajstić information content (AvgIpc) is 2.28. The van der Waals surface area contributed by atoms with Gasteiger partial charge in [0.1, 0.15) is 0 Å². The van der Waals surface area contributed by atoms with Crippen molar-refractivity contribution in [3.8, 4) is 0 Å². The molecule has 1 amide bonds. The zero-order valence-electron chi connectivity index (χ0n) is 9.44. The Bertz CT molecular complexity index is 551. The van der Waals surface area contributed by atoms with Crippen LogP contribution in [0.2, 0.25) is 0 Å². The predicted molar refractivity (Wildman–Crippen MR) is 60.3 cm³/mol. The maximum Gasteiger partial charge on any atom is 0.471 e. The predicted octanol–water partition coefficient (Wildman–Crippen LogP) is 0.953. The maximum atomic E-state index is 12.0. The summed E-state index contributed by atoms with van der Waals surface area (Å²) in [5.74, 6) is -2.63. The molecular weight excluding hydrogens is 287 g/mol. The lowest BCUT2D eigenvalue weighted by Gasteiger charge is -2.08. The topological polar surface area (TPSA) is 83.5 Å². The van der Waals surface area contributed by atoms with Crippen LogP contribution in [0.15, 0.2) is 29.2 Å². The van der Waals surface area contributed by atoms with Gasteiger partial charge in [-0.05, 0) is 24.3 Å². The molecule has 0 fully saturated rings. The van der Waals surface area contributed by atoms with Gasteiger partial charge in [-0.3, -0.25) is 4.79 Å². The van der Waals surface area contributed by atoms with Crippen molar-refractivity contribution >= 4 is 21.4 Å². The zero-order valence-corrected chi connectivity index (χ0v) is 10.3. The summed E-state index contributed by atoms with van der Waals surface area (Å²) in [5, 5.41) is 10.1. The quantitative estimate of drug-likeness (QED) is 0.867. The molecule has 0 radical (unpaired) electrons. The Hall–Kier alpha value is -1.61. The first-order valence-electron chi connectivity index (χ1n) is 4.98. The van der Waals surface area contributed by atoms with Gasteiger partial charge in [-0.1, -0.05) is 0 Å². The second-order valence-electron chi connectivity index (χ2n) is 3.52. The minimum atomic E-state index is -5.01. The highest BCUT2D eigenvalue weighted by Crippen LogP contribution is 2.20. The maximum absolute atomic E-state index is 12.0. The molecule has 0 aliphatic rings. The van der Waals surface area contributed by atoms with Crippen LogP contribution in [0, 0.1) is 0 Å². The van der Waals surface area contributed by atoms with E-state index in [4.69, 9.17) is 5.11 Å². The van der Waals surface area contributed by atoms with Gasteiger partial charge in [-0.2, -0.15) is 13.2 Å². The summed E-state index contributed by atoms with van der Waals surface area (Å²) >= 11 is 0. The van der Waals surface area contributed by atoms with Crippen molar-refractivity contribution in [1.29, 1.82) is 0 Å². The minimum Gasteiger partial charge on any atom is -0.395 e. The van der Waals surface area contributed by atoms with Crippen molar-refractivity contribution in [3.05, 3.63) is 24.3 Å². The molecule has 1 aromatic carbocycles. The number of carbonyl (C=O) groups is 1. The highest BCUT2D eigenvalue weighted by molar-refractivity contribution is 7.91. The second-order valence-corrected chi connectivity index (χ2v) is 5.63. The molecule has 19 heavy (non-hydrogen) atoms. The Morgan fingerprint density at radius 1 is 1.21 bits per heavy atom. The summed E-state index contributed by atoms with van der Waals surface area (Å²) in [6.07, 6.45) is -5.01. The molecule has 9 heteroatoms. The fourth-order valence-corrected chi connectivity index (χ4v) is 2.21. The molecule has 106 valence electrons. The third-order valence-corrected chi connectivity index (χ3v) is 3.80. The summed E-state index contributed by atoms with van der Waals surface area (Å²) in [5.41, 5.74) is -0.176. The van der Waals surface area contributed by atoms with Crippen LogP contribution in [0.25, 0.3) is 0 Å². The normalized spacial score (nSPS) is 12.2. The Balaban J connectivity index is 2.86. The molecule has 2 N–H and O–H groups in total. The highest BCUT2D eigenvalue weighted by Gasteiger charge is 2.38. The first-order chi connectivity index (χ1) is 8.66. The number of hydrogen-bond donors (Lipinski definition) is 2. The van der Waals surface area contributed by atoms with E-state index >= 15 is 0 Å². The SMILES string of the molecule is O=C(Nc1ccc(S(=O)(=O)CCO)cc1)C(F)(F)F. The number of rotatable bonds is 4. The van der Waals surface area contributed by atoms with Gasteiger partial charge >= 0.3 is 12.1 Å². The van der Waals surface area contributed by atoms with E-state index in [0.29, 0.717) is 0 Å². The summed E-state index contributed by atoms with van der Waals surface area (Å²) in [7, 11) is -3.67. The lowest BCUT2D eigenvalue weighted by atomic mass is 10.3. The van der Waals surface area contributed by atoms with E-state index in [9.17, 15) is 26.4 Å². The lowest BCUT2D eigenvalue weighted by molar-refractivity contribution is -0.167. The van der Waals surface area contributed by atoms with Crippen LogP contribution in [0.4, 0.5) is 18.9 Å². The van der Waals surface area contributed by atoms with Crippen LogP contribution in [-0.2, 0) is 14.6 Å². The molecule has 5 nitrogen and oxygen atoms in total. The number of amides is 1. The third-order valence-electron chi connectivity index (χ3n) is 2.09. The summed E-state index contributed by atoms with van der Waals surface area (Å²) in [6.45, 7) is -0.561. The van der Waals surface area contributed by atoms with Crippen molar-refractivity contribution in [2.24, 2.45) is 0 Å². The smallest absolute Gasteiger partial charge is 0.395 e. The van der Waals surface area contributed by atoms with Crippen LogP contribution in [0.1, 0.15) is 0 Å². The molecule has 0 spiro atoms. The Morgan fingerprint density at radius 2 is 1.74 bits per heavy atom. The van der Waals surface area contributed by atoms with E-state index < -0.39 is 34.3 Å². The Labute approximate surface area is 107 Å². The van der Waals surface area contributed by atoms with Crippen LogP contribution < -0.4 is 5.32 Å². The number of aliphatic hydroxyl groups excluding tert-OH is 1. The van der Waals surface area contributed by atoms with Crippen molar-refractivity contribution in [3.63, 3.8) is 0 Å². The number of aliphatic hydroxyl groups is 1. The molecule has 1 rings (SSSR count). The molecule has 0 atom stereocenters. The standard InChI is InChI=1S/C10H10F3NO4S/c11-10(12,13)9(16)14-7-1-3-8(4-2-7)19(17,18)6-5-15/h1-4,15H,5-6H2,(H,14,16). The number of alkyl halides is 3. The molecule has 0 saturated carbocycles. The lowest BCUT2D eigenvalue weighted by Crippen LogP contribution is -2.29. The van der Waals surface area contributed by atoms with Gasteiger partial charge in [0.2, 0.25) is 0 Å². The van der Waals surface area contributed by atoms with Crippen LogP contribution in [0.3, 0.4) is 0 Å². The molecule has 0 aliphatic heterocycles. The number of sulfone groups is 1. The molecule has 0 aliphatic carbocycles. The highest BCUT2D eigenvalue weighted by atomic mass is 32.2. The van der Waals surface area contributed by atoms with Gasteiger partial charge in [0.05, 0.1) is 17.3 Å². The van der Waals surface area contributed by atoms with Crippen molar-refractivity contribution in [2.75, 3.05) is 17.7 Å². The molecule has 0 aromatic heterocycles. The summed E-state index contributed by atoms with van der Waals surface area (Å²) < 4.78 is 58.9. The van der Waals surface area contributed by atoms with E-state index in [2.05, 4.69) is 0 Å². The molecule has 0 heterocycles. The van der Waals surface area contributed by atoms with E-state index in [0.717, 1.165) is 24.3 Å².